The van der Waals surface area contributed by atoms with Crippen LogP contribution in [0.15, 0.2) is 35.8 Å². The topological polar surface area (TPSA) is 59.0 Å². The minimum atomic E-state index is -4.50. The molecule has 0 aliphatic heterocycles. The molecule has 0 aliphatic carbocycles. The summed E-state index contributed by atoms with van der Waals surface area (Å²) >= 11 is 1.58. The van der Waals surface area contributed by atoms with Gasteiger partial charge in [0.25, 0.3) is 0 Å². The van der Waals surface area contributed by atoms with E-state index in [2.05, 4.69) is 15.7 Å². The Morgan fingerprint density at radius 2 is 2.00 bits per heavy atom. The van der Waals surface area contributed by atoms with E-state index < -0.39 is 17.8 Å². The fourth-order valence-electron chi connectivity index (χ4n) is 2.51. The highest BCUT2D eigenvalue weighted by molar-refractivity contribution is 7.17. The molecule has 5 nitrogen and oxygen atoms in total. The average Bonchev–Trinajstić information content (AvgIpc) is 3.17. The molecular weight excluding hydrogens is 353 g/mol. The first-order valence-corrected chi connectivity index (χ1v) is 8.29. The van der Waals surface area contributed by atoms with Gasteiger partial charge >= 0.3 is 12.2 Å². The van der Waals surface area contributed by atoms with Gasteiger partial charge in [0.05, 0.1) is 24.0 Å². The van der Waals surface area contributed by atoms with Gasteiger partial charge in [0.2, 0.25) is 0 Å². The number of nitrogens with one attached hydrogen (secondary N) is 2. The molecule has 0 fully saturated rings. The van der Waals surface area contributed by atoms with Crippen molar-refractivity contribution in [2.45, 2.75) is 19.3 Å². The van der Waals surface area contributed by atoms with Gasteiger partial charge in [0, 0.05) is 18.3 Å². The molecule has 0 radical (unpaired) electrons. The number of benzene rings is 1. The van der Waals surface area contributed by atoms with Gasteiger partial charge in [0.1, 0.15) is 0 Å². The van der Waals surface area contributed by atoms with Crippen molar-refractivity contribution in [2.24, 2.45) is 7.05 Å². The molecule has 1 aromatic carbocycles. The van der Waals surface area contributed by atoms with Crippen molar-refractivity contribution in [3.63, 3.8) is 0 Å². The third-order valence-corrected chi connectivity index (χ3v) is 4.79. The fourth-order valence-corrected chi connectivity index (χ4v) is 3.42. The number of carbonyl (C=O) groups excluding carboxylic acids is 1. The Morgan fingerprint density at radius 1 is 1.24 bits per heavy atom. The minimum Gasteiger partial charge on any atom is -0.334 e. The molecule has 0 spiro atoms. The molecule has 132 valence electrons. The van der Waals surface area contributed by atoms with E-state index in [1.165, 1.54) is 7.05 Å². The summed E-state index contributed by atoms with van der Waals surface area (Å²) in [5.41, 5.74) is 0.0147. The zero-order chi connectivity index (χ0) is 18.0. The van der Waals surface area contributed by atoms with Gasteiger partial charge in [-0.15, -0.1) is 11.3 Å². The lowest BCUT2D eigenvalue weighted by atomic mass is 10.2. The van der Waals surface area contributed by atoms with Crippen LogP contribution in [0.25, 0.3) is 10.1 Å². The summed E-state index contributed by atoms with van der Waals surface area (Å²) in [6, 6.07) is 7.24. The van der Waals surface area contributed by atoms with Crippen LogP contribution in [0.4, 0.5) is 18.0 Å². The van der Waals surface area contributed by atoms with Gasteiger partial charge in [-0.1, -0.05) is 18.2 Å². The average molecular weight is 368 g/mol. The van der Waals surface area contributed by atoms with Gasteiger partial charge in [-0.25, -0.2) is 4.79 Å². The summed E-state index contributed by atoms with van der Waals surface area (Å²) < 4.78 is 40.9. The van der Waals surface area contributed by atoms with E-state index in [1.807, 2.05) is 29.6 Å². The minimum absolute atomic E-state index is 0.0944. The summed E-state index contributed by atoms with van der Waals surface area (Å²) in [5, 5.41) is 11.8. The van der Waals surface area contributed by atoms with E-state index in [0.29, 0.717) is 6.54 Å². The van der Waals surface area contributed by atoms with Crippen molar-refractivity contribution in [1.29, 1.82) is 0 Å². The van der Waals surface area contributed by atoms with E-state index in [0.717, 1.165) is 26.5 Å². The summed E-state index contributed by atoms with van der Waals surface area (Å²) in [6.45, 7) is 0.0293. The second kappa shape index (κ2) is 6.75. The molecule has 2 N–H and O–H groups in total. The molecule has 3 aromatic rings. The lowest BCUT2D eigenvalue weighted by Gasteiger charge is -2.11. The maximum absolute atomic E-state index is 12.9. The Bertz CT molecular complexity index is 900. The van der Waals surface area contributed by atoms with Crippen LogP contribution in [-0.2, 0) is 26.3 Å². The largest absolute Gasteiger partial charge is 0.419 e. The Balaban J connectivity index is 1.61. The van der Waals surface area contributed by atoms with E-state index in [4.69, 9.17) is 0 Å². The van der Waals surface area contributed by atoms with Gasteiger partial charge in [-0.3, -0.25) is 4.68 Å². The lowest BCUT2D eigenvalue weighted by Crippen LogP contribution is -2.35. The monoisotopic (exact) mass is 368 g/mol. The van der Waals surface area contributed by atoms with Crippen molar-refractivity contribution in [1.82, 2.24) is 20.4 Å². The Kier molecular flexibility index (Phi) is 4.67. The standard InChI is InChI=1S/C16H15F3N4OS/c1-23-13(12(8-22-23)16(17,18)19)9-21-15(24)20-7-11-4-2-3-10-5-6-25-14(10)11/h2-6,8H,7,9H2,1H3,(H2,20,21,24). The zero-order valence-corrected chi connectivity index (χ0v) is 14.0. The number of halogens is 3. The highest BCUT2D eigenvalue weighted by Gasteiger charge is 2.35. The van der Waals surface area contributed by atoms with Crippen molar-refractivity contribution >= 4 is 27.5 Å². The van der Waals surface area contributed by atoms with Crippen LogP contribution in [0, 0.1) is 0 Å². The highest BCUT2D eigenvalue weighted by atomic mass is 32.1. The number of aryl methyl sites for hydroxylation is 1. The van der Waals surface area contributed by atoms with E-state index >= 15 is 0 Å². The number of hydrogen-bond donors (Lipinski definition) is 2. The van der Waals surface area contributed by atoms with Gasteiger partial charge in [-0.05, 0) is 22.4 Å². The summed E-state index contributed by atoms with van der Waals surface area (Å²) in [7, 11) is 1.40. The van der Waals surface area contributed by atoms with Crippen LogP contribution >= 0.6 is 11.3 Å². The molecule has 25 heavy (non-hydrogen) atoms. The van der Waals surface area contributed by atoms with Crippen molar-refractivity contribution in [3.05, 3.63) is 52.7 Å². The number of rotatable bonds is 4. The van der Waals surface area contributed by atoms with E-state index in [9.17, 15) is 18.0 Å². The maximum Gasteiger partial charge on any atom is 0.419 e. The Morgan fingerprint density at radius 3 is 2.76 bits per heavy atom. The number of thiophene rings is 1. The first-order valence-electron chi connectivity index (χ1n) is 7.41. The summed E-state index contributed by atoms with van der Waals surface area (Å²) in [4.78, 5) is 11.9. The van der Waals surface area contributed by atoms with Gasteiger partial charge < -0.3 is 10.6 Å². The smallest absolute Gasteiger partial charge is 0.334 e. The SMILES string of the molecule is Cn1ncc(C(F)(F)F)c1CNC(=O)NCc1cccc2ccsc12. The van der Waals surface area contributed by atoms with Crippen molar-refractivity contribution in [2.75, 3.05) is 0 Å². The van der Waals surface area contributed by atoms with E-state index in [-0.39, 0.29) is 12.2 Å². The third-order valence-electron chi connectivity index (χ3n) is 3.78. The van der Waals surface area contributed by atoms with Crippen LogP contribution in [0.3, 0.4) is 0 Å². The number of hydrogen-bond acceptors (Lipinski definition) is 3. The molecule has 0 aliphatic rings. The number of aromatic nitrogens is 2. The third kappa shape index (κ3) is 3.76. The van der Waals surface area contributed by atoms with Crippen LogP contribution in [-0.4, -0.2) is 15.8 Å². The van der Waals surface area contributed by atoms with Crippen LogP contribution in [0.5, 0.6) is 0 Å². The summed E-state index contributed by atoms with van der Waals surface area (Å²) in [6.07, 6.45) is -3.75. The number of amides is 2. The van der Waals surface area contributed by atoms with Crippen molar-refractivity contribution < 1.29 is 18.0 Å². The molecule has 0 bridgehead atoms. The Hall–Kier alpha value is -2.55. The first kappa shape index (κ1) is 17.3. The molecule has 2 amide bonds. The molecule has 9 heteroatoms. The number of carbonyl (C=O) groups is 1. The molecule has 0 saturated heterocycles. The molecular formula is C16H15F3N4OS. The maximum atomic E-state index is 12.9. The fraction of sp³-hybridized carbons (Fsp3) is 0.250. The Labute approximate surface area is 145 Å². The van der Waals surface area contributed by atoms with Crippen LogP contribution in [0.1, 0.15) is 16.8 Å². The van der Waals surface area contributed by atoms with Crippen LogP contribution < -0.4 is 10.6 Å². The predicted molar refractivity (Wildman–Crippen MR) is 89.1 cm³/mol. The van der Waals surface area contributed by atoms with Gasteiger partial charge in [-0.2, -0.15) is 18.3 Å². The molecule has 0 unspecified atom stereocenters. The number of nitrogens with zero attached hydrogens (tertiary/aromatic N) is 2. The molecule has 0 saturated carbocycles. The zero-order valence-electron chi connectivity index (χ0n) is 13.2. The van der Waals surface area contributed by atoms with E-state index in [1.54, 1.807) is 11.3 Å². The highest BCUT2D eigenvalue weighted by Crippen LogP contribution is 2.31. The van der Waals surface area contributed by atoms with Gasteiger partial charge in [0.15, 0.2) is 0 Å². The number of alkyl halides is 3. The van der Waals surface area contributed by atoms with Crippen LogP contribution in [0.2, 0.25) is 0 Å². The molecule has 2 heterocycles. The molecule has 2 aromatic heterocycles. The summed E-state index contributed by atoms with van der Waals surface area (Å²) in [5.74, 6) is 0. The first-order chi connectivity index (χ1) is 11.9. The number of fused-ring (bicyclic) bond motifs is 1. The number of urea groups is 1. The van der Waals surface area contributed by atoms with Crippen molar-refractivity contribution in [3.8, 4) is 0 Å². The normalized spacial score (nSPS) is 11.7. The second-order valence-corrected chi connectivity index (χ2v) is 6.33. The predicted octanol–water partition coefficient (Wildman–Crippen LogP) is 3.65. The molecule has 0 atom stereocenters. The molecule has 3 rings (SSSR count). The second-order valence-electron chi connectivity index (χ2n) is 5.42. The lowest BCUT2D eigenvalue weighted by molar-refractivity contribution is -0.138. The quantitative estimate of drug-likeness (QED) is 0.738.